The number of thiol groups is 1. The van der Waals surface area contributed by atoms with Crippen LogP contribution in [0.2, 0.25) is 5.02 Å². The van der Waals surface area contributed by atoms with Gasteiger partial charge in [-0.15, -0.1) is 0 Å². The van der Waals surface area contributed by atoms with Gasteiger partial charge in [-0.25, -0.2) is 0 Å². The molecule has 0 fully saturated rings. The first-order valence-electron chi connectivity index (χ1n) is 4.86. The number of hydrogen-bond donors (Lipinski definition) is 1. The van der Waals surface area contributed by atoms with E-state index in [2.05, 4.69) is 35.5 Å². The van der Waals surface area contributed by atoms with E-state index in [1.54, 1.807) is 0 Å². The van der Waals surface area contributed by atoms with Gasteiger partial charge in [0.05, 0.1) is 11.1 Å². The molecule has 0 bridgehead atoms. The predicted octanol–water partition coefficient (Wildman–Crippen LogP) is 4.44. The summed E-state index contributed by atoms with van der Waals surface area (Å²) in [6.45, 7) is 2.83. The van der Waals surface area contributed by atoms with Crippen LogP contribution in [0.4, 0.5) is 0 Å². The second-order valence-corrected chi connectivity index (χ2v) is 5.00. The zero-order valence-electron chi connectivity index (χ0n) is 8.54. The number of hydrogen-bond acceptors (Lipinski definition) is 2. The molecule has 0 aliphatic rings. The molecule has 0 heterocycles. The number of halogens is 2. The highest BCUT2D eigenvalue weighted by atomic mass is 79.9. The van der Waals surface area contributed by atoms with Gasteiger partial charge in [0.1, 0.15) is 5.75 Å². The minimum atomic E-state index is 0.496. The van der Waals surface area contributed by atoms with Crippen LogP contribution in [0.3, 0.4) is 0 Å². The van der Waals surface area contributed by atoms with Gasteiger partial charge in [-0.2, -0.15) is 12.6 Å². The van der Waals surface area contributed by atoms with E-state index in [-0.39, 0.29) is 0 Å². The molecule has 4 heteroatoms. The lowest BCUT2D eigenvalue weighted by atomic mass is 10.1. The zero-order valence-corrected chi connectivity index (χ0v) is 11.8. The molecule has 0 N–H and O–H groups in total. The lowest BCUT2D eigenvalue weighted by molar-refractivity contribution is 0.258. The fraction of sp³-hybridized carbons (Fsp3) is 0.455. The van der Waals surface area contributed by atoms with Gasteiger partial charge in [0, 0.05) is 10.9 Å². The quantitative estimate of drug-likeness (QED) is 0.791. The second kappa shape index (κ2) is 6.66. The summed E-state index contributed by atoms with van der Waals surface area (Å²) in [7, 11) is 0. The summed E-state index contributed by atoms with van der Waals surface area (Å²) in [6.07, 6.45) is 1.08. The summed E-state index contributed by atoms with van der Waals surface area (Å²) < 4.78 is 6.57. The van der Waals surface area contributed by atoms with Gasteiger partial charge >= 0.3 is 0 Å². The molecular weight excluding hydrogens is 296 g/mol. The first-order valence-corrected chi connectivity index (χ1v) is 6.66. The number of rotatable bonds is 5. The van der Waals surface area contributed by atoms with Crippen LogP contribution in [-0.4, -0.2) is 12.4 Å². The molecule has 1 nitrogen and oxygen atoms in total. The highest BCUT2D eigenvalue weighted by Gasteiger charge is 2.07. The Morgan fingerprint density at radius 1 is 1.53 bits per heavy atom. The van der Waals surface area contributed by atoms with Crippen molar-refractivity contribution in [2.45, 2.75) is 13.3 Å². The third-order valence-corrected chi connectivity index (χ3v) is 3.58. The zero-order chi connectivity index (χ0) is 11.3. The van der Waals surface area contributed by atoms with Gasteiger partial charge < -0.3 is 4.74 Å². The summed E-state index contributed by atoms with van der Waals surface area (Å²) >= 11 is 13.5. The van der Waals surface area contributed by atoms with Gasteiger partial charge in [-0.3, -0.25) is 0 Å². The van der Waals surface area contributed by atoms with Crippen LogP contribution in [0.15, 0.2) is 22.7 Å². The van der Waals surface area contributed by atoms with Crippen molar-refractivity contribution in [1.29, 1.82) is 0 Å². The van der Waals surface area contributed by atoms with E-state index >= 15 is 0 Å². The molecule has 0 spiro atoms. The summed E-state index contributed by atoms with van der Waals surface area (Å²) in [5.41, 5.74) is 0. The van der Waals surface area contributed by atoms with Crippen molar-refractivity contribution in [3.63, 3.8) is 0 Å². The largest absolute Gasteiger partial charge is 0.492 e. The third kappa shape index (κ3) is 4.25. The molecule has 0 aromatic heterocycles. The monoisotopic (exact) mass is 308 g/mol. The van der Waals surface area contributed by atoms with Crippen molar-refractivity contribution in [3.8, 4) is 5.75 Å². The highest BCUT2D eigenvalue weighted by molar-refractivity contribution is 9.10. The van der Waals surface area contributed by atoms with Crippen LogP contribution in [0.1, 0.15) is 13.3 Å². The van der Waals surface area contributed by atoms with Crippen LogP contribution in [0, 0.1) is 5.92 Å². The predicted molar refractivity (Wildman–Crippen MR) is 72.3 cm³/mol. The van der Waals surface area contributed by atoms with E-state index in [0.717, 1.165) is 22.4 Å². The maximum absolute atomic E-state index is 5.84. The SMILES string of the molecule is CCC(CS)COc1ccc(Cl)cc1Br. The summed E-state index contributed by atoms with van der Waals surface area (Å²) in [5.74, 6) is 2.18. The summed E-state index contributed by atoms with van der Waals surface area (Å²) in [6, 6.07) is 5.53. The van der Waals surface area contributed by atoms with Crippen molar-refractivity contribution in [3.05, 3.63) is 27.7 Å². The molecule has 0 aliphatic heterocycles. The van der Waals surface area contributed by atoms with Gasteiger partial charge in [-0.05, 0) is 46.3 Å². The van der Waals surface area contributed by atoms with Gasteiger partial charge in [0.15, 0.2) is 0 Å². The molecule has 1 unspecified atom stereocenters. The molecular formula is C11H14BrClOS. The Hall–Kier alpha value is 0.140. The van der Waals surface area contributed by atoms with Crippen LogP contribution >= 0.6 is 40.2 Å². The molecule has 84 valence electrons. The number of benzene rings is 1. The van der Waals surface area contributed by atoms with Crippen molar-refractivity contribution in [1.82, 2.24) is 0 Å². The average molecular weight is 310 g/mol. The fourth-order valence-corrected chi connectivity index (χ4v) is 2.26. The maximum atomic E-state index is 5.84. The molecule has 0 saturated carbocycles. The van der Waals surface area contributed by atoms with Gasteiger partial charge in [0.2, 0.25) is 0 Å². The molecule has 1 rings (SSSR count). The fourth-order valence-electron chi connectivity index (χ4n) is 1.10. The lowest BCUT2D eigenvalue weighted by Crippen LogP contribution is -2.12. The minimum Gasteiger partial charge on any atom is -0.492 e. The van der Waals surface area contributed by atoms with Crippen LogP contribution in [0.5, 0.6) is 5.75 Å². The van der Waals surface area contributed by atoms with Crippen LogP contribution < -0.4 is 4.74 Å². The first-order chi connectivity index (χ1) is 7.17. The normalized spacial score (nSPS) is 12.5. The Morgan fingerprint density at radius 3 is 2.80 bits per heavy atom. The molecule has 0 saturated heterocycles. The second-order valence-electron chi connectivity index (χ2n) is 3.34. The van der Waals surface area contributed by atoms with E-state index in [4.69, 9.17) is 16.3 Å². The molecule has 1 aromatic carbocycles. The topological polar surface area (TPSA) is 9.23 Å². The Labute approximate surface area is 110 Å². The lowest BCUT2D eigenvalue weighted by Gasteiger charge is -2.14. The Balaban J connectivity index is 2.57. The molecule has 0 aliphatic carbocycles. The third-order valence-electron chi connectivity index (χ3n) is 2.20. The van der Waals surface area contributed by atoms with Crippen molar-refractivity contribution in [2.24, 2.45) is 5.92 Å². The van der Waals surface area contributed by atoms with E-state index in [1.807, 2.05) is 18.2 Å². The molecule has 15 heavy (non-hydrogen) atoms. The van der Waals surface area contributed by atoms with Crippen molar-refractivity contribution < 1.29 is 4.74 Å². The molecule has 0 radical (unpaired) electrons. The van der Waals surface area contributed by atoms with Gasteiger partial charge in [0.25, 0.3) is 0 Å². The van der Waals surface area contributed by atoms with Crippen molar-refractivity contribution in [2.75, 3.05) is 12.4 Å². The molecule has 1 aromatic rings. The van der Waals surface area contributed by atoms with Crippen LogP contribution in [-0.2, 0) is 0 Å². The highest BCUT2D eigenvalue weighted by Crippen LogP contribution is 2.28. The molecule has 0 amide bonds. The Kier molecular flexibility index (Phi) is 5.87. The van der Waals surface area contributed by atoms with E-state index < -0.39 is 0 Å². The first kappa shape index (κ1) is 13.2. The summed E-state index contributed by atoms with van der Waals surface area (Å²) in [5, 5.41) is 0.704. The Bertz CT molecular complexity index is 315. The minimum absolute atomic E-state index is 0.496. The van der Waals surface area contributed by atoms with Crippen molar-refractivity contribution >= 4 is 40.2 Å². The van der Waals surface area contributed by atoms with Gasteiger partial charge in [-0.1, -0.05) is 18.5 Å². The average Bonchev–Trinajstić information content (AvgIpc) is 2.22. The van der Waals surface area contributed by atoms with E-state index in [9.17, 15) is 0 Å². The standard InChI is InChI=1S/C11H14BrClOS/c1-2-8(7-15)6-14-11-4-3-9(13)5-10(11)12/h3-5,8,15H,2,6-7H2,1H3. The van der Waals surface area contributed by atoms with Crippen LogP contribution in [0.25, 0.3) is 0 Å². The van der Waals surface area contributed by atoms with E-state index in [1.165, 1.54) is 0 Å². The smallest absolute Gasteiger partial charge is 0.133 e. The van der Waals surface area contributed by atoms with E-state index in [0.29, 0.717) is 17.5 Å². The Morgan fingerprint density at radius 2 is 2.27 bits per heavy atom. The summed E-state index contributed by atoms with van der Waals surface area (Å²) in [4.78, 5) is 0. The molecule has 1 atom stereocenters. The maximum Gasteiger partial charge on any atom is 0.133 e. The number of ether oxygens (including phenoxy) is 1.